The van der Waals surface area contributed by atoms with Gasteiger partial charge in [-0.2, -0.15) is 9.47 Å². The molecule has 0 unspecified atom stereocenters. The highest BCUT2D eigenvalue weighted by molar-refractivity contribution is 7.10. The second-order valence-electron chi connectivity index (χ2n) is 7.64. The van der Waals surface area contributed by atoms with E-state index in [1.54, 1.807) is 6.20 Å². The summed E-state index contributed by atoms with van der Waals surface area (Å²) in [6.07, 6.45) is 15.5. The Morgan fingerprint density at radius 3 is 2.97 bits per heavy atom. The van der Waals surface area contributed by atoms with Gasteiger partial charge in [-0.15, -0.1) is 0 Å². The molecule has 0 saturated carbocycles. The molecule has 8 nitrogen and oxygen atoms in total. The van der Waals surface area contributed by atoms with Gasteiger partial charge in [0.2, 0.25) is 0 Å². The van der Waals surface area contributed by atoms with Crippen molar-refractivity contribution in [2.24, 2.45) is 0 Å². The molecule has 0 fully saturated rings. The third-order valence-corrected chi connectivity index (χ3v) is 5.90. The van der Waals surface area contributed by atoms with Gasteiger partial charge in [-0.3, -0.25) is 14.4 Å². The minimum absolute atomic E-state index is 0.705. The average molecular weight is 461 g/mol. The Morgan fingerprint density at radius 2 is 2.24 bits per heavy atom. The molecule has 4 aromatic rings. The lowest BCUT2D eigenvalue weighted by Crippen LogP contribution is -2.25. The van der Waals surface area contributed by atoms with Gasteiger partial charge >= 0.3 is 0 Å². The second-order valence-corrected chi connectivity index (χ2v) is 8.45. The minimum Gasteiger partial charge on any atom is -0.328 e. The number of hydrogen-bond acceptors (Lipinski definition) is 7. The molecule has 0 bridgehead atoms. The number of aromatic nitrogens is 6. The van der Waals surface area contributed by atoms with Crippen molar-refractivity contribution in [3.8, 4) is 11.3 Å². The van der Waals surface area contributed by atoms with Gasteiger partial charge in [0.15, 0.2) is 11.5 Å². The number of aryl methyl sites for hydroxylation is 1. The Hall–Kier alpha value is -3.56. The molecule has 0 atom stereocenters. The first-order valence-electron chi connectivity index (χ1n) is 10.8. The molecular weight excluding hydrogens is 432 g/mol. The number of allylic oxidation sites excluding steroid dienone is 3. The number of aromatic amines is 1. The summed E-state index contributed by atoms with van der Waals surface area (Å²) in [6, 6.07) is 2.08. The van der Waals surface area contributed by atoms with Gasteiger partial charge in [0.25, 0.3) is 0 Å². The summed E-state index contributed by atoms with van der Waals surface area (Å²) >= 11 is 1.43. The van der Waals surface area contributed by atoms with Crippen LogP contribution in [0.1, 0.15) is 25.2 Å². The van der Waals surface area contributed by atoms with Crippen LogP contribution in [0.3, 0.4) is 0 Å². The van der Waals surface area contributed by atoms with Crippen molar-refractivity contribution in [2.45, 2.75) is 27.3 Å². The van der Waals surface area contributed by atoms with Crippen LogP contribution >= 0.6 is 11.5 Å². The molecule has 0 radical (unpaired) electrons. The zero-order valence-corrected chi connectivity index (χ0v) is 19.9. The van der Waals surface area contributed by atoms with E-state index in [0.717, 1.165) is 52.9 Å². The highest BCUT2D eigenvalue weighted by atomic mass is 32.1. The van der Waals surface area contributed by atoms with Crippen molar-refractivity contribution in [1.82, 2.24) is 33.8 Å². The van der Waals surface area contributed by atoms with Gasteiger partial charge in [0.1, 0.15) is 5.00 Å². The standard InChI is InChI=1S/C24H28N8S/c1-5-8-18(9-6-2)15-31(7-3)16-20-10-22(33-30-20)29-23-24-25-13-21(19-11-26-27-12-19)32(24)14-17(4)28-23/h5-6,8-14H,1,7,15-16H2,2-4H3,(H,26,27)(H,28,29)/b9-6-,18-8+. The van der Waals surface area contributed by atoms with Crippen LogP contribution in [0.15, 0.2) is 67.3 Å². The molecule has 0 aliphatic rings. The highest BCUT2D eigenvalue weighted by Crippen LogP contribution is 2.27. The summed E-state index contributed by atoms with van der Waals surface area (Å²) in [4.78, 5) is 11.6. The first-order chi connectivity index (χ1) is 16.1. The van der Waals surface area contributed by atoms with Crippen molar-refractivity contribution in [2.75, 3.05) is 18.4 Å². The number of H-pyrrole nitrogens is 1. The van der Waals surface area contributed by atoms with Crippen LogP contribution in [-0.2, 0) is 6.54 Å². The van der Waals surface area contributed by atoms with E-state index in [9.17, 15) is 0 Å². The lowest BCUT2D eigenvalue weighted by Gasteiger charge is -2.19. The van der Waals surface area contributed by atoms with E-state index >= 15 is 0 Å². The Kier molecular flexibility index (Phi) is 7.11. The Morgan fingerprint density at radius 1 is 1.36 bits per heavy atom. The molecule has 2 N–H and O–H groups in total. The van der Waals surface area contributed by atoms with Crippen molar-refractivity contribution in [3.63, 3.8) is 0 Å². The van der Waals surface area contributed by atoms with Crippen molar-refractivity contribution in [1.29, 1.82) is 0 Å². The van der Waals surface area contributed by atoms with Crippen LogP contribution in [0, 0.1) is 6.92 Å². The summed E-state index contributed by atoms with van der Waals surface area (Å²) in [5, 5.41) is 11.3. The molecule has 4 rings (SSSR count). The van der Waals surface area contributed by atoms with E-state index in [0.29, 0.717) is 5.82 Å². The van der Waals surface area contributed by atoms with Crippen LogP contribution in [0.5, 0.6) is 0 Å². The number of rotatable bonds is 10. The average Bonchev–Trinajstić information content (AvgIpc) is 3.54. The fraction of sp³-hybridized carbons (Fsp3) is 0.250. The predicted molar refractivity (Wildman–Crippen MR) is 135 cm³/mol. The number of fused-ring (bicyclic) bond motifs is 1. The van der Waals surface area contributed by atoms with Gasteiger partial charge in [-0.05, 0) is 43.6 Å². The lowest BCUT2D eigenvalue weighted by atomic mass is 10.2. The van der Waals surface area contributed by atoms with Gasteiger partial charge in [0, 0.05) is 31.0 Å². The Bertz CT molecular complexity index is 1280. The summed E-state index contributed by atoms with van der Waals surface area (Å²) in [5.74, 6) is 0.705. The van der Waals surface area contributed by atoms with Gasteiger partial charge in [0.05, 0.1) is 29.5 Å². The Balaban J connectivity index is 1.53. The first-order valence-corrected chi connectivity index (χ1v) is 11.6. The second kappa shape index (κ2) is 10.4. The SMILES string of the molecule is C=C/C=C(\C=C/C)CN(CC)Cc1cc(Nc2nc(C)cn3c(-c4cn[nH]c4)cnc23)sn1. The van der Waals surface area contributed by atoms with E-state index in [1.807, 2.05) is 49.0 Å². The molecule has 4 heterocycles. The first kappa shape index (κ1) is 22.6. The molecule has 0 aliphatic carbocycles. The fourth-order valence-electron chi connectivity index (χ4n) is 3.65. The number of anilines is 2. The molecule has 0 aliphatic heterocycles. The lowest BCUT2D eigenvalue weighted by molar-refractivity contribution is 0.303. The zero-order chi connectivity index (χ0) is 23.2. The smallest absolute Gasteiger partial charge is 0.180 e. The van der Waals surface area contributed by atoms with Crippen LogP contribution in [-0.4, -0.2) is 46.9 Å². The Labute approximate surface area is 197 Å². The maximum absolute atomic E-state index is 4.68. The molecule has 33 heavy (non-hydrogen) atoms. The van der Waals surface area contributed by atoms with Crippen molar-refractivity contribution in [3.05, 3.63) is 78.7 Å². The molecule has 0 spiro atoms. The topological polar surface area (TPSA) is 87.0 Å². The molecule has 4 aromatic heterocycles. The van der Waals surface area contributed by atoms with Gasteiger partial charge in [-0.25, -0.2) is 9.97 Å². The maximum Gasteiger partial charge on any atom is 0.180 e. The van der Waals surface area contributed by atoms with Crippen LogP contribution in [0.4, 0.5) is 10.8 Å². The van der Waals surface area contributed by atoms with Crippen molar-refractivity contribution < 1.29 is 0 Å². The number of nitrogens with one attached hydrogen (secondary N) is 2. The minimum atomic E-state index is 0.705. The predicted octanol–water partition coefficient (Wildman–Crippen LogP) is 5.14. The van der Waals surface area contributed by atoms with E-state index in [4.69, 9.17) is 0 Å². The van der Waals surface area contributed by atoms with Gasteiger partial charge in [-0.1, -0.05) is 37.8 Å². The maximum atomic E-state index is 4.68. The quantitative estimate of drug-likeness (QED) is 0.319. The normalized spacial score (nSPS) is 12.3. The summed E-state index contributed by atoms with van der Waals surface area (Å²) in [7, 11) is 0. The van der Waals surface area contributed by atoms with E-state index in [-0.39, 0.29) is 0 Å². The monoisotopic (exact) mass is 460 g/mol. The third kappa shape index (κ3) is 5.27. The number of hydrogen-bond donors (Lipinski definition) is 2. The largest absolute Gasteiger partial charge is 0.328 e. The number of likely N-dealkylation sites (N-methyl/N-ethyl adjacent to an activating group) is 1. The summed E-state index contributed by atoms with van der Waals surface area (Å²) in [5.41, 5.74) is 5.82. The number of imidazole rings is 1. The van der Waals surface area contributed by atoms with Gasteiger partial charge < -0.3 is 5.32 Å². The van der Waals surface area contributed by atoms with Crippen LogP contribution < -0.4 is 5.32 Å². The molecular formula is C24H28N8S. The number of nitrogens with zero attached hydrogens (tertiary/aromatic N) is 6. The summed E-state index contributed by atoms with van der Waals surface area (Å²) in [6.45, 7) is 12.5. The van der Waals surface area contributed by atoms with Crippen LogP contribution in [0.2, 0.25) is 0 Å². The highest BCUT2D eigenvalue weighted by Gasteiger charge is 2.14. The zero-order valence-electron chi connectivity index (χ0n) is 19.1. The third-order valence-electron chi connectivity index (χ3n) is 5.16. The molecule has 0 amide bonds. The van der Waals surface area contributed by atoms with E-state index in [2.05, 4.69) is 66.5 Å². The van der Waals surface area contributed by atoms with E-state index < -0.39 is 0 Å². The van der Waals surface area contributed by atoms with Crippen LogP contribution in [0.25, 0.3) is 16.9 Å². The van der Waals surface area contributed by atoms with Crippen molar-refractivity contribution >= 4 is 28.0 Å². The van der Waals surface area contributed by atoms with E-state index in [1.165, 1.54) is 17.1 Å². The molecule has 170 valence electrons. The summed E-state index contributed by atoms with van der Waals surface area (Å²) < 4.78 is 6.69. The fourth-order valence-corrected chi connectivity index (χ4v) is 4.31. The molecule has 0 aromatic carbocycles. The molecule has 0 saturated heterocycles. The molecule has 9 heteroatoms.